The highest BCUT2D eigenvalue weighted by atomic mass is 32.1. The number of nitrogens with zero attached hydrogens (tertiary/aromatic N) is 2. The van der Waals surface area contributed by atoms with Crippen molar-refractivity contribution in [3.8, 4) is 17.0 Å². The van der Waals surface area contributed by atoms with Crippen LogP contribution in [0.15, 0.2) is 29.6 Å². The maximum Gasteiger partial charge on any atom is 0.323 e. The Bertz CT molecular complexity index is 650. The van der Waals surface area contributed by atoms with E-state index < -0.39 is 0 Å². The third-order valence-corrected chi connectivity index (χ3v) is 4.48. The molecular weight excluding hydrogens is 298 g/mol. The molecule has 0 spiro atoms. The molecule has 2 amide bonds. The number of methoxy groups -OCH3 is 1. The van der Waals surface area contributed by atoms with E-state index in [1.807, 2.05) is 34.5 Å². The average Bonchev–Trinajstić information content (AvgIpc) is 3.04. The lowest BCUT2D eigenvalue weighted by atomic mass is 10.1. The number of benzene rings is 1. The van der Waals surface area contributed by atoms with E-state index in [0.29, 0.717) is 5.13 Å². The van der Waals surface area contributed by atoms with Gasteiger partial charge in [-0.25, -0.2) is 9.78 Å². The van der Waals surface area contributed by atoms with Crippen LogP contribution in [-0.2, 0) is 0 Å². The summed E-state index contributed by atoms with van der Waals surface area (Å²) in [4.78, 5) is 18.5. The third-order valence-electron chi connectivity index (χ3n) is 3.73. The van der Waals surface area contributed by atoms with Gasteiger partial charge >= 0.3 is 6.03 Å². The van der Waals surface area contributed by atoms with Gasteiger partial charge in [0, 0.05) is 24.0 Å². The molecule has 1 saturated heterocycles. The van der Waals surface area contributed by atoms with Crippen molar-refractivity contribution in [1.29, 1.82) is 0 Å². The molecule has 1 aliphatic heterocycles. The third kappa shape index (κ3) is 3.39. The number of carbonyl (C=O) groups excluding carboxylic acids is 1. The number of urea groups is 1. The maximum absolute atomic E-state index is 12.2. The summed E-state index contributed by atoms with van der Waals surface area (Å²) in [5.41, 5.74) is 1.83. The molecule has 2 heterocycles. The second-order valence-electron chi connectivity index (χ2n) is 5.25. The number of thiazole rings is 1. The first-order valence-corrected chi connectivity index (χ1v) is 8.30. The van der Waals surface area contributed by atoms with E-state index in [9.17, 15) is 4.79 Å². The van der Waals surface area contributed by atoms with Crippen LogP contribution < -0.4 is 10.1 Å². The van der Waals surface area contributed by atoms with Crippen LogP contribution in [0.2, 0.25) is 0 Å². The Balaban J connectivity index is 1.69. The minimum Gasteiger partial charge on any atom is -0.497 e. The van der Waals surface area contributed by atoms with Crippen LogP contribution >= 0.6 is 11.3 Å². The van der Waals surface area contributed by atoms with Crippen molar-refractivity contribution < 1.29 is 9.53 Å². The van der Waals surface area contributed by atoms with Gasteiger partial charge in [0.25, 0.3) is 0 Å². The SMILES string of the molecule is COc1cccc(-c2csc(NC(=O)N3CCCCC3)n2)c1. The fraction of sp³-hybridized carbons (Fsp3) is 0.375. The summed E-state index contributed by atoms with van der Waals surface area (Å²) in [6.07, 6.45) is 3.38. The fourth-order valence-corrected chi connectivity index (χ4v) is 3.22. The van der Waals surface area contributed by atoms with E-state index >= 15 is 0 Å². The Labute approximate surface area is 133 Å². The average molecular weight is 317 g/mol. The van der Waals surface area contributed by atoms with E-state index in [4.69, 9.17) is 4.74 Å². The van der Waals surface area contributed by atoms with Crippen LogP contribution in [0.4, 0.5) is 9.93 Å². The lowest BCUT2D eigenvalue weighted by Crippen LogP contribution is -2.38. The number of nitrogens with one attached hydrogen (secondary N) is 1. The molecule has 1 N–H and O–H groups in total. The first-order chi connectivity index (χ1) is 10.8. The van der Waals surface area contributed by atoms with Gasteiger partial charge in [0.15, 0.2) is 5.13 Å². The van der Waals surface area contributed by atoms with E-state index in [2.05, 4.69) is 10.3 Å². The van der Waals surface area contributed by atoms with Gasteiger partial charge in [-0.3, -0.25) is 5.32 Å². The van der Waals surface area contributed by atoms with Gasteiger partial charge in [0.05, 0.1) is 12.8 Å². The van der Waals surface area contributed by atoms with E-state index in [1.54, 1.807) is 7.11 Å². The molecule has 116 valence electrons. The second-order valence-corrected chi connectivity index (χ2v) is 6.11. The number of hydrogen-bond donors (Lipinski definition) is 1. The van der Waals surface area contributed by atoms with Gasteiger partial charge in [0.1, 0.15) is 5.75 Å². The van der Waals surface area contributed by atoms with Gasteiger partial charge in [-0.15, -0.1) is 11.3 Å². The number of hydrogen-bond acceptors (Lipinski definition) is 4. The summed E-state index contributed by atoms with van der Waals surface area (Å²) >= 11 is 1.44. The van der Waals surface area contributed by atoms with Crippen molar-refractivity contribution in [1.82, 2.24) is 9.88 Å². The number of amides is 2. The summed E-state index contributed by atoms with van der Waals surface area (Å²) in [5, 5.41) is 5.47. The summed E-state index contributed by atoms with van der Waals surface area (Å²) in [5.74, 6) is 0.796. The molecule has 0 unspecified atom stereocenters. The minimum atomic E-state index is -0.0498. The number of aromatic nitrogens is 1. The highest BCUT2D eigenvalue weighted by Gasteiger charge is 2.17. The highest BCUT2D eigenvalue weighted by Crippen LogP contribution is 2.27. The van der Waals surface area contributed by atoms with Crippen molar-refractivity contribution in [3.05, 3.63) is 29.6 Å². The van der Waals surface area contributed by atoms with Crippen molar-refractivity contribution >= 4 is 22.5 Å². The Morgan fingerprint density at radius 3 is 2.91 bits per heavy atom. The number of rotatable bonds is 3. The lowest BCUT2D eigenvalue weighted by molar-refractivity contribution is 0.200. The maximum atomic E-state index is 12.2. The van der Waals surface area contributed by atoms with E-state index in [0.717, 1.165) is 42.9 Å². The summed E-state index contributed by atoms with van der Waals surface area (Å²) in [6.45, 7) is 1.67. The zero-order valence-electron chi connectivity index (χ0n) is 12.5. The smallest absolute Gasteiger partial charge is 0.323 e. The van der Waals surface area contributed by atoms with Crippen LogP contribution in [0, 0.1) is 0 Å². The van der Waals surface area contributed by atoms with Gasteiger partial charge in [-0.2, -0.15) is 0 Å². The minimum absolute atomic E-state index is 0.0498. The quantitative estimate of drug-likeness (QED) is 0.936. The van der Waals surface area contributed by atoms with Gasteiger partial charge in [-0.05, 0) is 31.4 Å². The van der Waals surface area contributed by atoms with Gasteiger partial charge < -0.3 is 9.64 Å². The lowest BCUT2D eigenvalue weighted by Gasteiger charge is -2.26. The van der Waals surface area contributed by atoms with Crippen molar-refractivity contribution in [2.75, 3.05) is 25.5 Å². The first-order valence-electron chi connectivity index (χ1n) is 7.42. The van der Waals surface area contributed by atoms with Crippen LogP contribution in [0.5, 0.6) is 5.75 Å². The molecule has 1 aliphatic rings. The fourth-order valence-electron chi connectivity index (χ4n) is 2.51. The monoisotopic (exact) mass is 317 g/mol. The molecule has 2 aromatic rings. The standard InChI is InChI=1S/C16H19N3O2S/c1-21-13-7-5-6-12(10-13)14-11-22-15(17-14)18-16(20)19-8-3-2-4-9-19/h5-7,10-11H,2-4,8-9H2,1H3,(H,17,18,20). The molecular formula is C16H19N3O2S. The van der Waals surface area contributed by atoms with Crippen LogP contribution in [0.1, 0.15) is 19.3 Å². The molecule has 0 atom stereocenters. The highest BCUT2D eigenvalue weighted by molar-refractivity contribution is 7.14. The summed E-state index contributed by atoms with van der Waals surface area (Å²) in [6, 6.07) is 7.69. The Morgan fingerprint density at radius 1 is 1.32 bits per heavy atom. The number of carbonyl (C=O) groups is 1. The van der Waals surface area contributed by atoms with E-state index in [-0.39, 0.29) is 6.03 Å². The zero-order chi connectivity index (χ0) is 15.4. The summed E-state index contributed by atoms with van der Waals surface area (Å²) < 4.78 is 5.23. The molecule has 3 rings (SSSR count). The Kier molecular flexibility index (Phi) is 4.58. The number of piperidine rings is 1. The summed E-state index contributed by atoms with van der Waals surface area (Å²) in [7, 11) is 1.64. The molecule has 0 aliphatic carbocycles. The number of ether oxygens (including phenoxy) is 1. The van der Waals surface area contributed by atoms with Crippen LogP contribution in [0.3, 0.4) is 0 Å². The molecule has 1 aromatic carbocycles. The second kappa shape index (κ2) is 6.79. The number of likely N-dealkylation sites (tertiary alicyclic amines) is 1. The molecule has 0 radical (unpaired) electrons. The van der Waals surface area contributed by atoms with Gasteiger partial charge in [0.2, 0.25) is 0 Å². The molecule has 0 saturated carbocycles. The normalized spacial score (nSPS) is 14.7. The van der Waals surface area contributed by atoms with E-state index in [1.165, 1.54) is 17.8 Å². The van der Waals surface area contributed by atoms with Crippen molar-refractivity contribution in [3.63, 3.8) is 0 Å². The Morgan fingerprint density at radius 2 is 2.14 bits per heavy atom. The molecule has 1 aromatic heterocycles. The molecule has 22 heavy (non-hydrogen) atoms. The van der Waals surface area contributed by atoms with Crippen LogP contribution in [-0.4, -0.2) is 36.1 Å². The topological polar surface area (TPSA) is 54.5 Å². The Hall–Kier alpha value is -2.08. The molecule has 0 bridgehead atoms. The predicted molar refractivity (Wildman–Crippen MR) is 88.5 cm³/mol. The largest absolute Gasteiger partial charge is 0.497 e. The predicted octanol–water partition coefficient (Wildman–Crippen LogP) is 3.84. The zero-order valence-corrected chi connectivity index (χ0v) is 13.4. The van der Waals surface area contributed by atoms with Crippen LogP contribution in [0.25, 0.3) is 11.3 Å². The number of anilines is 1. The van der Waals surface area contributed by atoms with Gasteiger partial charge in [-0.1, -0.05) is 12.1 Å². The van der Waals surface area contributed by atoms with Crippen molar-refractivity contribution in [2.45, 2.75) is 19.3 Å². The van der Waals surface area contributed by atoms with Crippen molar-refractivity contribution in [2.24, 2.45) is 0 Å². The molecule has 1 fully saturated rings. The molecule has 5 nitrogen and oxygen atoms in total. The molecule has 6 heteroatoms. The first kappa shape index (κ1) is 14.8.